The molecule has 3 rings (SSSR count). The molecule has 0 atom stereocenters. The maximum absolute atomic E-state index is 12.9. The Kier molecular flexibility index (Phi) is 4.61. The fraction of sp³-hybridized carbons (Fsp3) is 0.421. The van der Waals surface area contributed by atoms with Crippen LogP contribution in [0.1, 0.15) is 47.1 Å². The Morgan fingerprint density at radius 2 is 1.88 bits per heavy atom. The monoisotopic (exact) mass is 342 g/mol. The Morgan fingerprint density at radius 3 is 2.44 bits per heavy atom. The number of aryl methyl sites for hydroxylation is 2. The van der Waals surface area contributed by atoms with Crippen LogP contribution in [0.15, 0.2) is 34.9 Å². The molecule has 1 aliphatic rings. The van der Waals surface area contributed by atoms with Crippen molar-refractivity contribution in [1.82, 2.24) is 10.1 Å². The smallest absolute Gasteiger partial charge is 0.314 e. The number of nitrogens with zero attached hydrogens (tertiary/aromatic N) is 2. The first-order valence-electron chi connectivity index (χ1n) is 8.53. The van der Waals surface area contributed by atoms with Crippen molar-refractivity contribution in [1.29, 1.82) is 0 Å². The van der Waals surface area contributed by atoms with E-state index in [-0.39, 0.29) is 5.91 Å². The fourth-order valence-electron chi connectivity index (χ4n) is 3.57. The zero-order chi connectivity index (χ0) is 18.0. The summed E-state index contributed by atoms with van der Waals surface area (Å²) in [5.74, 6) is -0.441. The molecule has 1 fully saturated rings. The summed E-state index contributed by atoms with van der Waals surface area (Å²) in [5, 5.41) is 13.8. The predicted octanol–water partition coefficient (Wildman–Crippen LogP) is 2.80. The topological polar surface area (TPSA) is 83.6 Å². The molecule has 1 aromatic heterocycles. The zero-order valence-electron chi connectivity index (χ0n) is 14.5. The number of carbonyl (C=O) groups excluding carboxylic acids is 1. The van der Waals surface area contributed by atoms with Gasteiger partial charge < -0.3 is 14.5 Å². The molecule has 2 aromatic rings. The fourth-order valence-corrected chi connectivity index (χ4v) is 3.57. The Hall–Kier alpha value is -2.63. The minimum Gasteiger partial charge on any atom is -0.481 e. The van der Waals surface area contributed by atoms with Gasteiger partial charge >= 0.3 is 5.97 Å². The van der Waals surface area contributed by atoms with Gasteiger partial charge in [-0.05, 0) is 31.7 Å². The van der Waals surface area contributed by atoms with Crippen LogP contribution >= 0.6 is 0 Å². The number of hydrogen-bond acceptors (Lipinski definition) is 4. The van der Waals surface area contributed by atoms with Crippen LogP contribution in [0.5, 0.6) is 0 Å². The van der Waals surface area contributed by atoms with Crippen LogP contribution in [-0.2, 0) is 16.6 Å². The lowest BCUT2D eigenvalue weighted by atomic mass is 9.72. The van der Waals surface area contributed by atoms with Gasteiger partial charge in [-0.25, -0.2) is 0 Å². The van der Waals surface area contributed by atoms with Crippen LogP contribution in [0, 0.1) is 6.92 Å². The third kappa shape index (κ3) is 2.92. The summed E-state index contributed by atoms with van der Waals surface area (Å²) in [4.78, 5) is 26.6. The van der Waals surface area contributed by atoms with Crippen LogP contribution < -0.4 is 0 Å². The molecule has 1 aromatic carbocycles. The van der Waals surface area contributed by atoms with Crippen molar-refractivity contribution < 1.29 is 19.2 Å². The van der Waals surface area contributed by atoms with Gasteiger partial charge in [0, 0.05) is 13.1 Å². The highest BCUT2D eigenvalue weighted by Crippen LogP contribution is 2.36. The van der Waals surface area contributed by atoms with Crippen molar-refractivity contribution in [3.63, 3.8) is 0 Å². The number of likely N-dealkylation sites (tertiary alicyclic amines) is 1. The Labute approximate surface area is 146 Å². The number of carboxylic acids is 1. The van der Waals surface area contributed by atoms with Crippen molar-refractivity contribution in [2.24, 2.45) is 0 Å². The Morgan fingerprint density at radius 1 is 1.24 bits per heavy atom. The average molecular weight is 342 g/mol. The van der Waals surface area contributed by atoms with Crippen molar-refractivity contribution in [2.45, 2.75) is 38.5 Å². The van der Waals surface area contributed by atoms with E-state index in [1.807, 2.05) is 37.3 Å². The van der Waals surface area contributed by atoms with E-state index in [9.17, 15) is 14.7 Å². The van der Waals surface area contributed by atoms with Gasteiger partial charge in [-0.15, -0.1) is 0 Å². The highest BCUT2D eigenvalue weighted by atomic mass is 16.5. The molecule has 132 valence electrons. The van der Waals surface area contributed by atoms with E-state index in [1.54, 1.807) is 11.8 Å². The lowest BCUT2D eigenvalue weighted by Gasteiger charge is -2.39. The van der Waals surface area contributed by atoms with Crippen molar-refractivity contribution in [3.05, 3.63) is 52.9 Å². The first kappa shape index (κ1) is 17.2. The first-order chi connectivity index (χ1) is 12.0. The summed E-state index contributed by atoms with van der Waals surface area (Å²) in [7, 11) is 0. The Balaban J connectivity index is 1.82. The number of hydrogen-bond donors (Lipinski definition) is 1. The SMILES string of the molecule is CCc1noc(C)c1C(=O)N1CCC(C(=O)O)(c2ccccc2)CC1. The van der Waals surface area contributed by atoms with Crippen LogP contribution in [0.2, 0.25) is 0 Å². The number of amides is 1. The van der Waals surface area contributed by atoms with Gasteiger partial charge in [-0.2, -0.15) is 0 Å². The maximum Gasteiger partial charge on any atom is 0.314 e. The summed E-state index contributed by atoms with van der Waals surface area (Å²) in [5.41, 5.74) is 1.03. The van der Waals surface area contributed by atoms with E-state index >= 15 is 0 Å². The highest BCUT2D eigenvalue weighted by molar-refractivity contribution is 5.96. The van der Waals surface area contributed by atoms with Gasteiger partial charge in [0.2, 0.25) is 0 Å². The quantitative estimate of drug-likeness (QED) is 0.924. The number of benzene rings is 1. The van der Waals surface area contributed by atoms with Crippen LogP contribution in [-0.4, -0.2) is 40.1 Å². The second-order valence-electron chi connectivity index (χ2n) is 6.46. The van der Waals surface area contributed by atoms with Gasteiger partial charge in [0.1, 0.15) is 11.3 Å². The molecule has 1 amide bonds. The molecule has 0 saturated carbocycles. The highest BCUT2D eigenvalue weighted by Gasteiger charge is 2.44. The molecule has 6 nitrogen and oxygen atoms in total. The van der Waals surface area contributed by atoms with E-state index in [0.29, 0.717) is 49.4 Å². The van der Waals surface area contributed by atoms with E-state index in [1.165, 1.54) is 0 Å². The lowest BCUT2D eigenvalue weighted by Crippen LogP contribution is -2.49. The number of aromatic nitrogens is 1. The number of carboxylic acid groups (broad SMARTS) is 1. The molecule has 2 heterocycles. The summed E-state index contributed by atoms with van der Waals surface area (Å²) < 4.78 is 5.16. The predicted molar refractivity (Wildman–Crippen MR) is 91.5 cm³/mol. The molecule has 0 aliphatic carbocycles. The van der Waals surface area contributed by atoms with Gasteiger partial charge in [-0.1, -0.05) is 42.4 Å². The normalized spacial score (nSPS) is 16.6. The zero-order valence-corrected chi connectivity index (χ0v) is 14.5. The summed E-state index contributed by atoms with van der Waals surface area (Å²) >= 11 is 0. The van der Waals surface area contributed by atoms with Gasteiger partial charge in [0.05, 0.1) is 11.1 Å². The molecular formula is C19H22N2O4. The summed E-state index contributed by atoms with van der Waals surface area (Å²) in [6, 6.07) is 9.28. The molecule has 1 saturated heterocycles. The van der Waals surface area contributed by atoms with Gasteiger partial charge in [0.15, 0.2) is 0 Å². The van der Waals surface area contributed by atoms with Gasteiger partial charge in [-0.3, -0.25) is 9.59 Å². The molecule has 0 radical (unpaired) electrons. The van der Waals surface area contributed by atoms with E-state index in [0.717, 1.165) is 5.56 Å². The molecule has 0 spiro atoms. The maximum atomic E-state index is 12.9. The first-order valence-corrected chi connectivity index (χ1v) is 8.53. The minimum absolute atomic E-state index is 0.123. The Bertz CT molecular complexity index is 774. The molecule has 0 unspecified atom stereocenters. The molecule has 1 N–H and O–H groups in total. The summed E-state index contributed by atoms with van der Waals surface area (Å²) in [6.07, 6.45) is 1.41. The number of carbonyl (C=O) groups is 2. The molecule has 6 heteroatoms. The largest absolute Gasteiger partial charge is 0.481 e. The lowest BCUT2D eigenvalue weighted by molar-refractivity contribution is -0.145. The third-order valence-corrected chi connectivity index (χ3v) is 5.12. The van der Waals surface area contributed by atoms with Gasteiger partial charge in [0.25, 0.3) is 5.91 Å². The van der Waals surface area contributed by atoms with Crippen molar-refractivity contribution >= 4 is 11.9 Å². The standard InChI is InChI=1S/C19H22N2O4/c1-3-15-16(13(2)25-20-15)17(22)21-11-9-19(10-12-21,18(23)24)14-7-5-4-6-8-14/h4-8H,3,9-12H2,1-2H3,(H,23,24). The van der Waals surface area contributed by atoms with Crippen LogP contribution in [0.4, 0.5) is 0 Å². The minimum atomic E-state index is -0.935. The average Bonchev–Trinajstić information content (AvgIpc) is 3.02. The number of aliphatic carboxylic acids is 1. The number of piperidine rings is 1. The van der Waals surface area contributed by atoms with E-state index < -0.39 is 11.4 Å². The second-order valence-corrected chi connectivity index (χ2v) is 6.46. The van der Waals surface area contributed by atoms with Crippen molar-refractivity contribution in [3.8, 4) is 0 Å². The molecular weight excluding hydrogens is 320 g/mol. The molecule has 0 bridgehead atoms. The molecule has 1 aliphatic heterocycles. The number of rotatable bonds is 4. The van der Waals surface area contributed by atoms with E-state index in [4.69, 9.17) is 4.52 Å². The third-order valence-electron chi connectivity index (χ3n) is 5.12. The molecule has 25 heavy (non-hydrogen) atoms. The second kappa shape index (κ2) is 6.70. The van der Waals surface area contributed by atoms with Crippen LogP contribution in [0.25, 0.3) is 0 Å². The van der Waals surface area contributed by atoms with Crippen LogP contribution in [0.3, 0.4) is 0 Å². The van der Waals surface area contributed by atoms with E-state index in [2.05, 4.69) is 5.16 Å². The summed E-state index contributed by atoms with van der Waals surface area (Å²) in [6.45, 7) is 4.45. The van der Waals surface area contributed by atoms with Crippen molar-refractivity contribution in [2.75, 3.05) is 13.1 Å².